The number of benzene rings is 1. The van der Waals surface area contributed by atoms with E-state index in [1.807, 2.05) is 0 Å². The second-order valence-electron chi connectivity index (χ2n) is 3.60. The predicted octanol–water partition coefficient (Wildman–Crippen LogP) is 2.51. The Labute approximate surface area is 97.6 Å². The molecule has 2 rings (SSSR count). The van der Waals surface area contributed by atoms with Crippen molar-refractivity contribution < 1.29 is 14.3 Å². The van der Waals surface area contributed by atoms with Crippen LogP contribution < -0.4 is 0 Å². The van der Waals surface area contributed by atoms with Gasteiger partial charge >= 0.3 is 5.97 Å². The van der Waals surface area contributed by atoms with Gasteiger partial charge in [-0.2, -0.15) is 0 Å². The molecule has 86 valence electrons. The van der Waals surface area contributed by atoms with Crippen molar-refractivity contribution in [3.63, 3.8) is 0 Å². The number of aliphatic carboxylic acids is 1. The molecule has 2 aromatic rings. The SMILES string of the molecule is O=C(O)Cc1ccc(-c2ccccc2F)nc1. The lowest BCUT2D eigenvalue weighted by Crippen LogP contribution is -2.00. The van der Waals surface area contributed by atoms with Crippen LogP contribution in [-0.4, -0.2) is 16.1 Å². The zero-order valence-corrected chi connectivity index (χ0v) is 8.93. The second kappa shape index (κ2) is 4.74. The van der Waals surface area contributed by atoms with Gasteiger partial charge in [0.1, 0.15) is 5.82 Å². The molecule has 0 aliphatic carbocycles. The van der Waals surface area contributed by atoms with E-state index in [1.165, 1.54) is 12.3 Å². The quantitative estimate of drug-likeness (QED) is 0.883. The summed E-state index contributed by atoms with van der Waals surface area (Å²) in [6.07, 6.45) is 1.38. The monoisotopic (exact) mass is 231 g/mol. The van der Waals surface area contributed by atoms with Crippen LogP contribution in [0.1, 0.15) is 5.56 Å². The number of carbonyl (C=O) groups is 1. The Kier molecular flexibility index (Phi) is 3.14. The highest BCUT2D eigenvalue weighted by molar-refractivity contribution is 5.70. The Hall–Kier alpha value is -2.23. The van der Waals surface area contributed by atoms with Crippen LogP contribution >= 0.6 is 0 Å². The molecule has 1 N–H and O–H groups in total. The molecule has 0 atom stereocenters. The first kappa shape index (κ1) is 11.3. The number of rotatable bonds is 3. The van der Waals surface area contributed by atoms with Crippen LogP contribution in [0, 0.1) is 5.82 Å². The molecule has 0 amide bonds. The van der Waals surface area contributed by atoms with Gasteiger partial charge in [-0.05, 0) is 23.8 Å². The summed E-state index contributed by atoms with van der Waals surface area (Å²) in [5.41, 5.74) is 1.50. The third kappa shape index (κ3) is 2.66. The van der Waals surface area contributed by atoms with Crippen LogP contribution in [0.2, 0.25) is 0 Å². The molecule has 1 aromatic carbocycles. The molecule has 0 radical (unpaired) electrons. The summed E-state index contributed by atoms with van der Waals surface area (Å²) in [5, 5.41) is 8.61. The Bertz CT molecular complexity index is 537. The third-order valence-electron chi connectivity index (χ3n) is 2.33. The van der Waals surface area contributed by atoms with Crippen LogP contribution in [0.25, 0.3) is 11.3 Å². The lowest BCUT2D eigenvalue weighted by atomic mass is 10.1. The summed E-state index contributed by atoms with van der Waals surface area (Å²) < 4.78 is 13.5. The fourth-order valence-corrected chi connectivity index (χ4v) is 1.53. The van der Waals surface area contributed by atoms with Crippen molar-refractivity contribution in [2.24, 2.45) is 0 Å². The Morgan fingerprint density at radius 1 is 1.24 bits per heavy atom. The molecule has 0 fully saturated rings. The third-order valence-corrected chi connectivity index (χ3v) is 2.33. The van der Waals surface area contributed by atoms with E-state index < -0.39 is 5.97 Å². The van der Waals surface area contributed by atoms with Gasteiger partial charge in [0, 0.05) is 11.8 Å². The van der Waals surface area contributed by atoms with Gasteiger partial charge in [-0.3, -0.25) is 9.78 Å². The summed E-state index contributed by atoms with van der Waals surface area (Å²) >= 11 is 0. The lowest BCUT2D eigenvalue weighted by molar-refractivity contribution is -0.136. The number of nitrogens with zero attached hydrogens (tertiary/aromatic N) is 1. The van der Waals surface area contributed by atoms with Crippen molar-refractivity contribution in [3.05, 3.63) is 54.0 Å². The first-order valence-electron chi connectivity index (χ1n) is 5.08. The van der Waals surface area contributed by atoms with E-state index in [0.717, 1.165) is 0 Å². The minimum Gasteiger partial charge on any atom is -0.481 e. The zero-order chi connectivity index (χ0) is 12.3. The van der Waals surface area contributed by atoms with E-state index in [2.05, 4.69) is 4.98 Å². The maximum absolute atomic E-state index is 13.5. The van der Waals surface area contributed by atoms with Crippen LogP contribution in [0.15, 0.2) is 42.6 Å². The lowest BCUT2D eigenvalue weighted by Gasteiger charge is -2.03. The normalized spacial score (nSPS) is 10.2. The molecule has 1 aromatic heterocycles. The van der Waals surface area contributed by atoms with E-state index in [0.29, 0.717) is 16.8 Å². The van der Waals surface area contributed by atoms with E-state index in [1.54, 1.807) is 30.3 Å². The molecule has 0 unspecified atom stereocenters. The van der Waals surface area contributed by atoms with Crippen molar-refractivity contribution in [2.45, 2.75) is 6.42 Å². The number of aromatic nitrogens is 1. The molecule has 3 nitrogen and oxygen atoms in total. The molecule has 0 saturated heterocycles. The van der Waals surface area contributed by atoms with Crippen molar-refractivity contribution in [3.8, 4) is 11.3 Å². The largest absolute Gasteiger partial charge is 0.481 e. The average Bonchev–Trinajstić information content (AvgIpc) is 2.30. The Morgan fingerprint density at radius 2 is 2.00 bits per heavy atom. The van der Waals surface area contributed by atoms with Gasteiger partial charge in [-0.1, -0.05) is 18.2 Å². The van der Waals surface area contributed by atoms with Crippen molar-refractivity contribution in [2.75, 3.05) is 0 Å². The Morgan fingerprint density at radius 3 is 2.59 bits per heavy atom. The standard InChI is InChI=1S/C13H10FNO2/c14-11-4-2-1-3-10(11)12-6-5-9(8-15-12)7-13(16)17/h1-6,8H,7H2,(H,16,17). The van der Waals surface area contributed by atoms with E-state index >= 15 is 0 Å². The topological polar surface area (TPSA) is 50.2 Å². The highest BCUT2D eigenvalue weighted by atomic mass is 19.1. The maximum atomic E-state index is 13.5. The highest BCUT2D eigenvalue weighted by Crippen LogP contribution is 2.20. The summed E-state index contributed by atoms with van der Waals surface area (Å²) in [6.45, 7) is 0. The summed E-state index contributed by atoms with van der Waals surface area (Å²) in [7, 11) is 0. The van der Waals surface area contributed by atoms with Gasteiger partial charge < -0.3 is 5.11 Å². The Balaban J connectivity index is 2.30. The predicted molar refractivity (Wildman–Crippen MR) is 61.0 cm³/mol. The van der Waals surface area contributed by atoms with Crippen molar-refractivity contribution in [1.82, 2.24) is 4.98 Å². The van der Waals surface area contributed by atoms with E-state index in [-0.39, 0.29) is 12.2 Å². The summed E-state index contributed by atoms with van der Waals surface area (Å²) in [5.74, 6) is -1.25. The molecule has 4 heteroatoms. The molecule has 1 heterocycles. The van der Waals surface area contributed by atoms with Gasteiger partial charge in [0.25, 0.3) is 0 Å². The van der Waals surface area contributed by atoms with E-state index in [9.17, 15) is 9.18 Å². The summed E-state index contributed by atoms with van der Waals surface area (Å²) in [6, 6.07) is 9.60. The van der Waals surface area contributed by atoms with Gasteiger partial charge in [0.05, 0.1) is 12.1 Å². The molecular formula is C13H10FNO2. The van der Waals surface area contributed by atoms with Crippen molar-refractivity contribution in [1.29, 1.82) is 0 Å². The summed E-state index contributed by atoms with van der Waals surface area (Å²) in [4.78, 5) is 14.5. The maximum Gasteiger partial charge on any atom is 0.307 e. The van der Waals surface area contributed by atoms with Gasteiger partial charge in [-0.15, -0.1) is 0 Å². The molecular weight excluding hydrogens is 221 g/mol. The number of carboxylic acid groups (broad SMARTS) is 1. The average molecular weight is 231 g/mol. The van der Waals surface area contributed by atoms with Crippen LogP contribution in [0.5, 0.6) is 0 Å². The molecule has 17 heavy (non-hydrogen) atoms. The van der Waals surface area contributed by atoms with Crippen LogP contribution in [-0.2, 0) is 11.2 Å². The highest BCUT2D eigenvalue weighted by Gasteiger charge is 2.06. The number of halogens is 1. The van der Waals surface area contributed by atoms with Crippen LogP contribution in [0.3, 0.4) is 0 Å². The molecule has 0 aliphatic rings. The number of hydrogen-bond donors (Lipinski definition) is 1. The molecule has 0 aliphatic heterocycles. The molecule has 0 spiro atoms. The fraction of sp³-hybridized carbons (Fsp3) is 0.0769. The van der Waals surface area contributed by atoms with Crippen molar-refractivity contribution >= 4 is 5.97 Å². The number of pyridine rings is 1. The van der Waals surface area contributed by atoms with Gasteiger partial charge in [0.2, 0.25) is 0 Å². The number of carboxylic acids is 1. The minimum absolute atomic E-state index is 0.0788. The first-order chi connectivity index (χ1) is 8.16. The van der Waals surface area contributed by atoms with Gasteiger partial charge in [0.15, 0.2) is 0 Å². The second-order valence-corrected chi connectivity index (χ2v) is 3.60. The fourth-order valence-electron chi connectivity index (χ4n) is 1.53. The first-order valence-corrected chi connectivity index (χ1v) is 5.08. The smallest absolute Gasteiger partial charge is 0.307 e. The molecule has 0 bridgehead atoms. The minimum atomic E-state index is -0.912. The zero-order valence-electron chi connectivity index (χ0n) is 8.93. The molecule has 0 saturated carbocycles. The van der Waals surface area contributed by atoms with E-state index in [4.69, 9.17) is 5.11 Å². The van der Waals surface area contributed by atoms with Crippen LogP contribution in [0.4, 0.5) is 4.39 Å². The van der Waals surface area contributed by atoms with Gasteiger partial charge in [-0.25, -0.2) is 4.39 Å². The number of hydrogen-bond acceptors (Lipinski definition) is 2.